The summed E-state index contributed by atoms with van der Waals surface area (Å²) in [7, 11) is -3.75. The van der Waals surface area contributed by atoms with Gasteiger partial charge in [0.05, 0.1) is 6.61 Å². The molecule has 1 atom stereocenters. The van der Waals surface area contributed by atoms with Crippen molar-refractivity contribution in [1.82, 2.24) is 14.5 Å². The van der Waals surface area contributed by atoms with Crippen LogP contribution in [0.4, 0.5) is 5.13 Å². The van der Waals surface area contributed by atoms with Gasteiger partial charge in [-0.1, -0.05) is 11.3 Å². The fraction of sp³-hybridized carbons (Fsp3) is 0.667. The zero-order valence-corrected chi connectivity index (χ0v) is 11.9. The number of carbonyl (C=O) groups is 1. The van der Waals surface area contributed by atoms with Gasteiger partial charge in [-0.2, -0.15) is 4.31 Å². The summed E-state index contributed by atoms with van der Waals surface area (Å²) in [5.41, 5.74) is 0. The van der Waals surface area contributed by atoms with Crippen LogP contribution >= 0.6 is 11.3 Å². The summed E-state index contributed by atoms with van der Waals surface area (Å²) in [6.45, 7) is 1.46. The number of rotatable bonds is 4. The number of nitrogens with zero attached hydrogens (tertiary/aromatic N) is 3. The van der Waals surface area contributed by atoms with E-state index >= 15 is 0 Å². The molecule has 1 amide bonds. The number of sulfonamides is 1. The van der Waals surface area contributed by atoms with E-state index in [-0.39, 0.29) is 22.0 Å². The number of aliphatic hydroxyl groups excluding tert-OH is 1. The van der Waals surface area contributed by atoms with Crippen molar-refractivity contribution in [2.45, 2.75) is 30.1 Å². The minimum Gasteiger partial charge on any atom is -0.395 e. The molecule has 2 N–H and O–H groups in total. The molecule has 0 saturated carbocycles. The Hall–Kier alpha value is -1.10. The number of amides is 1. The van der Waals surface area contributed by atoms with E-state index in [4.69, 9.17) is 0 Å². The van der Waals surface area contributed by atoms with Crippen LogP contribution in [0.5, 0.6) is 0 Å². The first-order valence-corrected chi connectivity index (χ1v) is 7.94. The van der Waals surface area contributed by atoms with E-state index in [1.807, 2.05) is 0 Å². The predicted molar refractivity (Wildman–Crippen MR) is 68.2 cm³/mol. The molecule has 1 aliphatic heterocycles. The molecule has 1 saturated heterocycles. The van der Waals surface area contributed by atoms with Gasteiger partial charge in [-0.25, -0.2) is 8.42 Å². The van der Waals surface area contributed by atoms with E-state index in [2.05, 4.69) is 15.5 Å². The van der Waals surface area contributed by atoms with Gasteiger partial charge in [-0.3, -0.25) is 4.79 Å². The Balaban J connectivity index is 2.24. The molecule has 2 rings (SSSR count). The maximum absolute atomic E-state index is 12.3. The Labute approximate surface area is 114 Å². The average Bonchev–Trinajstić information content (AvgIpc) is 2.95. The highest BCUT2D eigenvalue weighted by Gasteiger charge is 2.37. The second kappa shape index (κ2) is 5.49. The van der Waals surface area contributed by atoms with Crippen molar-refractivity contribution in [3.63, 3.8) is 0 Å². The Bertz CT molecular complexity index is 571. The Morgan fingerprint density at radius 3 is 2.95 bits per heavy atom. The van der Waals surface area contributed by atoms with Crippen molar-refractivity contribution in [3.05, 3.63) is 0 Å². The summed E-state index contributed by atoms with van der Waals surface area (Å²) in [4.78, 5) is 10.9. The molecular weight excluding hydrogens is 292 g/mol. The number of aromatic nitrogens is 2. The first-order valence-electron chi connectivity index (χ1n) is 5.69. The lowest BCUT2D eigenvalue weighted by atomic mass is 10.2. The lowest BCUT2D eigenvalue weighted by Gasteiger charge is -2.20. The normalized spacial score (nSPS) is 20.6. The van der Waals surface area contributed by atoms with Crippen LogP contribution in [0.25, 0.3) is 0 Å². The van der Waals surface area contributed by atoms with Gasteiger partial charge in [0.15, 0.2) is 0 Å². The number of hydrogen-bond acceptors (Lipinski definition) is 7. The van der Waals surface area contributed by atoms with Crippen molar-refractivity contribution in [2.75, 3.05) is 18.5 Å². The SMILES string of the molecule is CC(=O)Nc1nnc(S(=O)(=O)N2CCC[C@@H]2CO)s1. The van der Waals surface area contributed by atoms with Crippen LogP contribution < -0.4 is 5.32 Å². The second-order valence-corrected chi connectivity index (χ2v) is 7.19. The van der Waals surface area contributed by atoms with E-state index in [1.54, 1.807) is 0 Å². The standard InChI is InChI=1S/C9H14N4O4S2/c1-6(15)10-8-11-12-9(18-8)19(16,17)13-4-2-3-7(13)5-14/h7,14H,2-5H2,1H3,(H,10,11,15)/t7-/m1/s1. The molecule has 0 spiro atoms. The minimum absolute atomic E-state index is 0.144. The maximum Gasteiger partial charge on any atom is 0.272 e. The van der Waals surface area contributed by atoms with Gasteiger partial charge in [-0.05, 0) is 12.8 Å². The van der Waals surface area contributed by atoms with Crippen molar-refractivity contribution in [2.24, 2.45) is 0 Å². The molecule has 0 radical (unpaired) electrons. The summed E-state index contributed by atoms with van der Waals surface area (Å²) in [5.74, 6) is -0.338. The summed E-state index contributed by atoms with van der Waals surface area (Å²) in [6, 6.07) is -0.405. The first kappa shape index (κ1) is 14.3. The van der Waals surface area contributed by atoms with Gasteiger partial charge in [0.2, 0.25) is 15.4 Å². The van der Waals surface area contributed by atoms with Gasteiger partial charge < -0.3 is 10.4 Å². The molecule has 8 nitrogen and oxygen atoms in total. The topological polar surface area (TPSA) is 112 Å². The van der Waals surface area contributed by atoms with Crippen LogP contribution in [0.3, 0.4) is 0 Å². The fourth-order valence-corrected chi connectivity index (χ4v) is 4.67. The average molecular weight is 306 g/mol. The van der Waals surface area contributed by atoms with E-state index in [9.17, 15) is 18.3 Å². The van der Waals surface area contributed by atoms with Crippen LogP contribution in [0.2, 0.25) is 0 Å². The van der Waals surface area contributed by atoms with Gasteiger partial charge in [0.1, 0.15) is 0 Å². The van der Waals surface area contributed by atoms with E-state index < -0.39 is 16.1 Å². The van der Waals surface area contributed by atoms with E-state index in [0.29, 0.717) is 19.4 Å². The second-order valence-electron chi connectivity index (χ2n) is 4.15. The maximum atomic E-state index is 12.3. The highest BCUT2D eigenvalue weighted by molar-refractivity contribution is 7.91. The predicted octanol–water partition coefficient (Wildman–Crippen LogP) is -0.358. The summed E-state index contributed by atoms with van der Waals surface area (Å²) >= 11 is 0.802. The van der Waals surface area contributed by atoms with E-state index in [0.717, 1.165) is 11.3 Å². The van der Waals surface area contributed by atoms with Gasteiger partial charge in [0, 0.05) is 19.5 Å². The van der Waals surface area contributed by atoms with Crippen molar-refractivity contribution in [1.29, 1.82) is 0 Å². The van der Waals surface area contributed by atoms with Gasteiger partial charge in [0.25, 0.3) is 10.0 Å². The highest BCUT2D eigenvalue weighted by Crippen LogP contribution is 2.28. The third-order valence-corrected chi connectivity index (χ3v) is 5.89. The molecule has 0 unspecified atom stereocenters. The zero-order chi connectivity index (χ0) is 14.0. The molecule has 106 valence electrons. The molecular formula is C9H14N4O4S2. The molecule has 1 aromatic rings. The molecule has 2 heterocycles. The zero-order valence-electron chi connectivity index (χ0n) is 10.2. The van der Waals surface area contributed by atoms with Crippen LogP contribution in [0, 0.1) is 0 Å². The Morgan fingerprint density at radius 1 is 1.58 bits per heavy atom. The quantitative estimate of drug-likeness (QED) is 0.735. The van der Waals surface area contributed by atoms with Crippen LogP contribution in [0.1, 0.15) is 19.8 Å². The molecule has 19 heavy (non-hydrogen) atoms. The lowest BCUT2D eigenvalue weighted by molar-refractivity contribution is -0.114. The smallest absolute Gasteiger partial charge is 0.272 e. The Kier molecular flexibility index (Phi) is 4.13. The number of nitrogens with one attached hydrogen (secondary N) is 1. The molecule has 0 aromatic carbocycles. The summed E-state index contributed by atoms with van der Waals surface area (Å²) < 4.78 is 25.7. The molecule has 10 heteroatoms. The van der Waals surface area contributed by atoms with Crippen LogP contribution in [-0.2, 0) is 14.8 Å². The largest absolute Gasteiger partial charge is 0.395 e. The minimum atomic E-state index is -3.75. The molecule has 1 aromatic heterocycles. The number of aliphatic hydroxyl groups is 1. The van der Waals surface area contributed by atoms with Gasteiger partial charge >= 0.3 is 0 Å². The Morgan fingerprint density at radius 2 is 2.32 bits per heavy atom. The fourth-order valence-electron chi connectivity index (χ4n) is 1.92. The summed E-state index contributed by atoms with van der Waals surface area (Å²) in [5, 5.41) is 18.9. The van der Waals surface area contributed by atoms with Crippen LogP contribution in [0.15, 0.2) is 4.34 Å². The summed E-state index contributed by atoms with van der Waals surface area (Å²) in [6.07, 6.45) is 1.34. The molecule has 1 aliphatic rings. The number of hydrogen-bond donors (Lipinski definition) is 2. The van der Waals surface area contributed by atoms with E-state index in [1.165, 1.54) is 11.2 Å². The van der Waals surface area contributed by atoms with Crippen LogP contribution in [-0.4, -0.2) is 53.1 Å². The monoisotopic (exact) mass is 306 g/mol. The third-order valence-electron chi connectivity index (χ3n) is 2.75. The lowest BCUT2D eigenvalue weighted by Crippen LogP contribution is -2.37. The molecule has 0 aliphatic carbocycles. The molecule has 1 fully saturated rings. The third kappa shape index (κ3) is 2.91. The van der Waals surface area contributed by atoms with Crippen molar-refractivity contribution < 1.29 is 18.3 Å². The molecule has 0 bridgehead atoms. The van der Waals surface area contributed by atoms with Gasteiger partial charge in [-0.15, -0.1) is 10.2 Å². The first-order chi connectivity index (χ1) is 8.95. The van der Waals surface area contributed by atoms with Crippen molar-refractivity contribution in [3.8, 4) is 0 Å². The number of anilines is 1. The van der Waals surface area contributed by atoms with Crippen molar-refractivity contribution >= 4 is 32.4 Å². The highest BCUT2D eigenvalue weighted by atomic mass is 32.2. The number of carbonyl (C=O) groups excluding carboxylic acids is 1.